The molecule has 0 amide bonds. The molecular formula is C17H30N4S2. The number of aliphatic imine (C=N–C) groups is 1. The number of thiophene rings is 1. The van der Waals surface area contributed by atoms with Gasteiger partial charge >= 0.3 is 0 Å². The van der Waals surface area contributed by atoms with Gasteiger partial charge in [-0.2, -0.15) is 11.8 Å². The number of rotatable bonds is 7. The number of thioether (sulfide) groups is 1. The smallest absolute Gasteiger partial charge is 0.190 e. The minimum atomic E-state index is 0.533. The van der Waals surface area contributed by atoms with E-state index in [1.165, 1.54) is 36.4 Å². The van der Waals surface area contributed by atoms with E-state index in [1.54, 1.807) is 0 Å². The van der Waals surface area contributed by atoms with Crippen LogP contribution in [0.2, 0.25) is 0 Å². The first-order chi connectivity index (χ1) is 11.3. The van der Waals surface area contributed by atoms with Crippen LogP contribution in [0.4, 0.5) is 0 Å². The predicted octanol–water partition coefficient (Wildman–Crippen LogP) is 3.05. The molecule has 0 radical (unpaired) electrons. The SMILES string of the molecule is CN=C(NCCCSC)NCC1CCCN(C)C1c1cccs1. The molecule has 2 atom stereocenters. The maximum absolute atomic E-state index is 4.35. The Morgan fingerprint density at radius 2 is 2.35 bits per heavy atom. The number of hydrogen-bond donors (Lipinski definition) is 2. The van der Waals surface area contributed by atoms with Crippen LogP contribution in [0.15, 0.2) is 22.5 Å². The molecule has 0 spiro atoms. The molecule has 0 aliphatic carbocycles. The average molecular weight is 355 g/mol. The van der Waals surface area contributed by atoms with Crippen molar-refractivity contribution < 1.29 is 0 Å². The normalized spacial score (nSPS) is 23.0. The second kappa shape index (κ2) is 10.2. The van der Waals surface area contributed by atoms with Crippen LogP contribution < -0.4 is 10.6 Å². The summed E-state index contributed by atoms with van der Waals surface area (Å²) in [6, 6.07) is 4.98. The Hall–Kier alpha value is -0.720. The third kappa shape index (κ3) is 5.69. The average Bonchev–Trinajstić information content (AvgIpc) is 3.08. The molecule has 0 bridgehead atoms. The zero-order valence-electron chi connectivity index (χ0n) is 14.5. The van der Waals surface area contributed by atoms with E-state index in [1.807, 2.05) is 30.1 Å². The molecule has 4 nitrogen and oxygen atoms in total. The van der Waals surface area contributed by atoms with E-state index >= 15 is 0 Å². The van der Waals surface area contributed by atoms with Crippen LogP contribution in [0, 0.1) is 5.92 Å². The van der Waals surface area contributed by atoms with Crippen molar-refractivity contribution in [2.45, 2.75) is 25.3 Å². The fraction of sp³-hybridized carbons (Fsp3) is 0.706. The van der Waals surface area contributed by atoms with Gasteiger partial charge in [0.25, 0.3) is 0 Å². The molecule has 130 valence electrons. The zero-order valence-corrected chi connectivity index (χ0v) is 16.2. The van der Waals surface area contributed by atoms with Gasteiger partial charge in [0, 0.05) is 31.1 Å². The van der Waals surface area contributed by atoms with Crippen molar-refractivity contribution >= 4 is 29.1 Å². The van der Waals surface area contributed by atoms with Crippen molar-refractivity contribution in [3.8, 4) is 0 Å². The fourth-order valence-corrected chi connectivity index (χ4v) is 4.67. The van der Waals surface area contributed by atoms with Gasteiger partial charge in [0.05, 0.1) is 0 Å². The second-order valence-corrected chi connectivity index (χ2v) is 8.03. The second-order valence-electron chi connectivity index (χ2n) is 6.07. The van der Waals surface area contributed by atoms with Gasteiger partial charge in [-0.05, 0) is 62.2 Å². The summed E-state index contributed by atoms with van der Waals surface area (Å²) in [4.78, 5) is 8.35. The highest BCUT2D eigenvalue weighted by Gasteiger charge is 2.31. The van der Waals surface area contributed by atoms with Gasteiger partial charge in [0.2, 0.25) is 0 Å². The molecule has 1 aliphatic rings. The van der Waals surface area contributed by atoms with Gasteiger partial charge < -0.3 is 10.6 Å². The summed E-state index contributed by atoms with van der Waals surface area (Å²) in [6.07, 6.45) is 5.89. The lowest BCUT2D eigenvalue weighted by molar-refractivity contribution is 0.125. The van der Waals surface area contributed by atoms with Gasteiger partial charge in [0.1, 0.15) is 0 Å². The highest BCUT2D eigenvalue weighted by Crippen LogP contribution is 2.36. The highest BCUT2D eigenvalue weighted by molar-refractivity contribution is 7.98. The minimum absolute atomic E-state index is 0.533. The molecule has 1 aromatic heterocycles. The fourth-order valence-electron chi connectivity index (χ4n) is 3.25. The molecule has 0 saturated carbocycles. The lowest BCUT2D eigenvalue weighted by atomic mass is 9.88. The van der Waals surface area contributed by atoms with Crippen LogP contribution in [0.25, 0.3) is 0 Å². The maximum atomic E-state index is 4.35. The van der Waals surface area contributed by atoms with E-state index in [0.29, 0.717) is 12.0 Å². The topological polar surface area (TPSA) is 39.7 Å². The summed E-state index contributed by atoms with van der Waals surface area (Å²) in [5.74, 6) is 2.76. The number of nitrogens with zero attached hydrogens (tertiary/aromatic N) is 2. The number of likely N-dealkylation sites (tertiary alicyclic amines) is 1. The molecule has 2 N–H and O–H groups in total. The summed E-state index contributed by atoms with van der Waals surface area (Å²) in [5.41, 5.74) is 0. The lowest BCUT2D eigenvalue weighted by Gasteiger charge is -2.39. The molecule has 1 saturated heterocycles. The monoisotopic (exact) mass is 354 g/mol. The number of hydrogen-bond acceptors (Lipinski definition) is 4. The molecule has 2 unspecified atom stereocenters. The molecule has 1 aliphatic heterocycles. The first-order valence-corrected chi connectivity index (χ1v) is 10.7. The van der Waals surface area contributed by atoms with Crippen molar-refractivity contribution in [2.24, 2.45) is 10.9 Å². The quantitative estimate of drug-likeness (QED) is 0.448. The predicted molar refractivity (Wildman–Crippen MR) is 105 cm³/mol. The van der Waals surface area contributed by atoms with E-state index in [9.17, 15) is 0 Å². The Morgan fingerprint density at radius 1 is 1.48 bits per heavy atom. The van der Waals surface area contributed by atoms with Gasteiger partial charge in [0.15, 0.2) is 5.96 Å². The molecule has 1 aromatic rings. The Balaban J connectivity index is 1.86. The summed E-state index contributed by atoms with van der Waals surface area (Å²) in [6.45, 7) is 3.16. The van der Waals surface area contributed by atoms with Crippen LogP contribution in [-0.4, -0.2) is 56.6 Å². The Labute approximate surface area is 149 Å². The Morgan fingerprint density at radius 3 is 3.04 bits per heavy atom. The minimum Gasteiger partial charge on any atom is -0.356 e. The van der Waals surface area contributed by atoms with Crippen LogP contribution >= 0.6 is 23.1 Å². The van der Waals surface area contributed by atoms with E-state index in [0.717, 1.165) is 19.0 Å². The first-order valence-electron chi connectivity index (χ1n) is 8.43. The van der Waals surface area contributed by atoms with Crippen molar-refractivity contribution in [2.75, 3.05) is 45.7 Å². The highest BCUT2D eigenvalue weighted by atomic mass is 32.2. The van der Waals surface area contributed by atoms with Crippen LogP contribution in [0.3, 0.4) is 0 Å². The first kappa shape index (κ1) is 18.6. The molecular weight excluding hydrogens is 324 g/mol. The molecule has 0 aromatic carbocycles. The third-order valence-electron chi connectivity index (χ3n) is 4.41. The van der Waals surface area contributed by atoms with Crippen molar-refractivity contribution in [3.63, 3.8) is 0 Å². The molecule has 1 fully saturated rings. The third-order valence-corrected chi connectivity index (χ3v) is 6.05. The molecule has 23 heavy (non-hydrogen) atoms. The molecule has 6 heteroatoms. The van der Waals surface area contributed by atoms with Gasteiger partial charge in [-0.25, -0.2) is 0 Å². The van der Waals surface area contributed by atoms with Crippen molar-refractivity contribution in [3.05, 3.63) is 22.4 Å². The van der Waals surface area contributed by atoms with E-state index in [4.69, 9.17) is 0 Å². The number of piperidine rings is 1. The van der Waals surface area contributed by atoms with Crippen molar-refractivity contribution in [1.29, 1.82) is 0 Å². The van der Waals surface area contributed by atoms with E-state index in [2.05, 4.69) is 51.3 Å². The summed E-state index contributed by atoms with van der Waals surface area (Å²) in [5, 5.41) is 9.15. The van der Waals surface area contributed by atoms with Gasteiger partial charge in [-0.3, -0.25) is 9.89 Å². The zero-order chi connectivity index (χ0) is 16.5. The van der Waals surface area contributed by atoms with E-state index < -0.39 is 0 Å². The standard InChI is InChI=1S/C17H30N4S2/c1-18-17(19-9-6-11-22-3)20-13-14-7-4-10-21(2)16(14)15-8-5-12-23-15/h5,8,12,14,16H,4,6-7,9-11,13H2,1-3H3,(H2,18,19,20). The van der Waals surface area contributed by atoms with Crippen LogP contribution in [0.5, 0.6) is 0 Å². The summed E-state index contributed by atoms with van der Waals surface area (Å²) >= 11 is 3.77. The molecule has 2 rings (SSSR count). The Bertz CT molecular complexity index is 461. The summed E-state index contributed by atoms with van der Waals surface area (Å²) in [7, 11) is 4.11. The molecule has 2 heterocycles. The van der Waals surface area contributed by atoms with Crippen LogP contribution in [0.1, 0.15) is 30.2 Å². The maximum Gasteiger partial charge on any atom is 0.190 e. The van der Waals surface area contributed by atoms with E-state index in [-0.39, 0.29) is 0 Å². The number of guanidine groups is 1. The largest absolute Gasteiger partial charge is 0.356 e. The Kier molecular flexibility index (Phi) is 8.26. The van der Waals surface area contributed by atoms with Gasteiger partial charge in [-0.1, -0.05) is 6.07 Å². The number of nitrogens with one attached hydrogen (secondary N) is 2. The van der Waals surface area contributed by atoms with Gasteiger partial charge in [-0.15, -0.1) is 11.3 Å². The summed E-state index contributed by atoms with van der Waals surface area (Å²) < 4.78 is 0. The van der Waals surface area contributed by atoms with Crippen molar-refractivity contribution in [1.82, 2.24) is 15.5 Å². The lowest BCUT2D eigenvalue weighted by Crippen LogP contribution is -2.45. The van der Waals surface area contributed by atoms with Crippen LogP contribution in [-0.2, 0) is 0 Å².